The van der Waals surface area contributed by atoms with Crippen molar-refractivity contribution in [3.8, 4) is 5.69 Å². The maximum absolute atomic E-state index is 13.6. The Morgan fingerprint density at radius 1 is 0.839 bits per heavy atom. The molecule has 0 saturated carbocycles. The van der Waals surface area contributed by atoms with E-state index in [1.807, 2.05) is 72.8 Å². The minimum absolute atomic E-state index is 0.0670. The van der Waals surface area contributed by atoms with Crippen LogP contribution in [0.4, 0.5) is 0 Å². The SMILES string of the molecule is Cc1cccc(/C=C/c2nc3ccc(I)cc3c(=O)n2-c2ccc3ccccc3c2)c1. The number of nitrogens with zero attached hydrogens (tertiary/aromatic N) is 2. The van der Waals surface area contributed by atoms with Crippen molar-refractivity contribution in [1.82, 2.24) is 9.55 Å². The number of hydrogen-bond acceptors (Lipinski definition) is 2. The molecule has 0 radical (unpaired) electrons. The average molecular weight is 514 g/mol. The highest BCUT2D eigenvalue weighted by Crippen LogP contribution is 2.21. The summed E-state index contributed by atoms with van der Waals surface area (Å²) in [7, 11) is 0. The van der Waals surface area contributed by atoms with Crippen LogP contribution < -0.4 is 5.56 Å². The molecule has 0 amide bonds. The predicted octanol–water partition coefficient (Wildman–Crippen LogP) is 6.62. The first-order valence-electron chi connectivity index (χ1n) is 10.0. The molecule has 1 aromatic heterocycles. The number of halogens is 1. The largest absolute Gasteiger partial charge is 0.268 e. The zero-order chi connectivity index (χ0) is 21.4. The van der Waals surface area contributed by atoms with Gasteiger partial charge >= 0.3 is 0 Å². The molecule has 31 heavy (non-hydrogen) atoms. The van der Waals surface area contributed by atoms with Crippen molar-refractivity contribution in [2.45, 2.75) is 6.92 Å². The van der Waals surface area contributed by atoms with Crippen LogP contribution in [-0.2, 0) is 0 Å². The van der Waals surface area contributed by atoms with Gasteiger partial charge in [-0.05, 0) is 82.3 Å². The maximum Gasteiger partial charge on any atom is 0.266 e. The predicted molar refractivity (Wildman–Crippen MR) is 138 cm³/mol. The molecular formula is C27H19IN2O. The molecule has 0 fully saturated rings. The van der Waals surface area contributed by atoms with E-state index in [1.54, 1.807) is 4.57 Å². The number of aromatic nitrogens is 2. The Morgan fingerprint density at radius 2 is 1.68 bits per heavy atom. The van der Waals surface area contributed by atoms with E-state index < -0.39 is 0 Å². The third kappa shape index (κ3) is 3.91. The van der Waals surface area contributed by atoms with Gasteiger partial charge in [-0.15, -0.1) is 0 Å². The van der Waals surface area contributed by atoms with Gasteiger partial charge < -0.3 is 0 Å². The summed E-state index contributed by atoms with van der Waals surface area (Å²) in [5.74, 6) is 0.607. The molecule has 150 valence electrons. The lowest BCUT2D eigenvalue weighted by atomic mass is 10.1. The van der Waals surface area contributed by atoms with E-state index in [0.717, 1.165) is 25.6 Å². The van der Waals surface area contributed by atoms with Crippen molar-refractivity contribution < 1.29 is 0 Å². The van der Waals surface area contributed by atoms with E-state index in [-0.39, 0.29) is 5.56 Å². The summed E-state index contributed by atoms with van der Waals surface area (Å²) in [6, 6.07) is 28.3. The minimum Gasteiger partial charge on any atom is -0.268 e. The van der Waals surface area contributed by atoms with Crippen molar-refractivity contribution in [1.29, 1.82) is 0 Å². The van der Waals surface area contributed by atoms with Crippen LogP contribution >= 0.6 is 22.6 Å². The summed E-state index contributed by atoms with van der Waals surface area (Å²) in [6.45, 7) is 2.07. The lowest BCUT2D eigenvalue weighted by Gasteiger charge is -2.12. The fraction of sp³-hybridized carbons (Fsp3) is 0.0370. The van der Waals surface area contributed by atoms with E-state index in [4.69, 9.17) is 4.98 Å². The molecule has 0 aliphatic rings. The van der Waals surface area contributed by atoms with Crippen LogP contribution in [0.3, 0.4) is 0 Å². The third-order valence-corrected chi connectivity index (χ3v) is 5.99. The number of fused-ring (bicyclic) bond motifs is 2. The van der Waals surface area contributed by atoms with E-state index in [2.05, 4.69) is 53.8 Å². The molecule has 4 heteroatoms. The van der Waals surface area contributed by atoms with E-state index in [9.17, 15) is 4.79 Å². The van der Waals surface area contributed by atoms with Crippen LogP contribution in [-0.4, -0.2) is 9.55 Å². The van der Waals surface area contributed by atoms with Crippen molar-refractivity contribution in [3.05, 3.63) is 116 Å². The number of benzene rings is 4. The van der Waals surface area contributed by atoms with Gasteiger partial charge in [0.1, 0.15) is 5.82 Å². The lowest BCUT2D eigenvalue weighted by Crippen LogP contribution is -2.22. The second kappa shape index (κ2) is 8.12. The molecule has 4 aromatic carbocycles. The fourth-order valence-corrected chi connectivity index (χ4v) is 4.29. The normalized spacial score (nSPS) is 11.5. The van der Waals surface area contributed by atoms with Crippen molar-refractivity contribution in [3.63, 3.8) is 0 Å². The van der Waals surface area contributed by atoms with Crippen molar-refractivity contribution in [2.75, 3.05) is 0 Å². The average Bonchev–Trinajstić information content (AvgIpc) is 2.78. The highest BCUT2D eigenvalue weighted by atomic mass is 127. The molecule has 5 aromatic rings. The van der Waals surface area contributed by atoms with Crippen molar-refractivity contribution >= 4 is 56.4 Å². The highest BCUT2D eigenvalue weighted by Gasteiger charge is 2.12. The van der Waals surface area contributed by atoms with Gasteiger partial charge in [-0.3, -0.25) is 9.36 Å². The second-order valence-electron chi connectivity index (χ2n) is 7.55. The summed E-state index contributed by atoms with van der Waals surface area (Å²) in [5, 5.41) is 2.84. The van der Waals surface area contributed by atoms with E-state index >= 15 is 0 Å². The molecule has 0 atom stereocenters. The molecule has 0 bridgehead atoms. The van der Waals surface area contributed by atoms with Gasteiger partial charge in [0.15, 0.2) is 0 Å². The van der Waals surface area contributed by atoms with E-state index in [1.165, 1.54) is 5.56 Å². The zero-order valence-electron chi connectivity index (χ0n) is 16.9. The Kier molecular flexibility index (Phi) is 5.16. The molecule has 0 aliphatic carbocycles. The molecule has 5 rings (SSSR count). The Bertz CT molecular complexity index is 1530. The first-order valence-corrected chi connectivity index (χ1v) is 11.1. The van der Waals surface area contributed by atoms with Gasteiger partial charge in [0.25, 0.3) is 5.56 Å². The topological polar surface area (TPSA) is 34.9 Å². The minimum atomic E-state index is -0.0670. The monoisotopic (exact) mass is 514 g/mol. The van der Waals surface area contributed by atoms with Crippen LogP contribution in [0.25, 0.3) is 39.5 Å². The van der Waals surface area contributed by atoms with Gasteiger partial charge in [0, 0.05) is 3.57 Å². The summed E-state index contributed by atoms with van der Waals surface area (Å²) < 4.78 is 2.72. The molecule has 1 heterocycles. The van der Waals surface area contributed by atoms with Gasteiger partial charge in [-0.25, -0.2) is 4.98 Å². The van der Waals surface area contributed by atoms with Crippen LogP contribution in [0.5, 0.6) is 0 Å². The standard InChI is InChI=1S/C27H19IN2O/c1-18-5-4-6-19(15-18)9-14-26-29-25-13-11-22(28)17-24(25)27(31)30(26)23-12-10-20-7-2-3-8-21(20)16-23/h2-17H,1H3/b14-9+. The molecule has 0 spiro atoms. The Hall–Kier alpha value is -3.25. The molecule has 3 nitrogen and oxygen atoms in total. The Labute approximate surface area is 193 Å². The summed E-state index contributed by atoms with van der Waals surface area (Å²) in [4.78, 5) is 18.4. The van der Waals surface area contributed by atoms with E-state index in [0.29, 0.717) is 16.7 Å². The Balaban J connectivity index is 1.76. The smallest absolute Gasteiger partial charge is 0.266 e. The van der Waals surface area contributed by atoms with Gasteiger partial charge in [0.2, 0.25) is 0 Å². The fourth-order valence-electron chi connectivity index (χ4n) is 3.80. The van der Waals surface area contributed by atoms with Gasteiger partial charge in [0.05, 0.1) is 16.6 Å². The van der Waals surface area contributed by atoms with Gasteiger partial charge in [-0.1, -0.05) is 66.2 Å². The van der Waals surface area contributed by atoms with Crippen LogP contribution in [0.1, 0.15) is 17.0 Å². The molecule has 0 unspecified atom stereocenters. The molecule has 0 saturated heterocycles. The van der Waals surface area contributed by atoms with Crippen molar-refractivity contribution in [2.24, 2.45) is 0 Å². The summed E-state index contributed by atoms with van der Waals surface area (Å²) in [6.07, 6.45) is 3.92. The highest BCUT2D eigenvalue weighted by molar-refractivity contribution is 14.1. The van der Waals surface area contributed by atoms with Crippen LogP contribution in [0, 0.1) is 10.5 Å². The molecule has 0 aliphatic heterocycles. The summed E-state index contributed by atoms with van der Waals surface area (Å²) in [5.41, 5.74) is 3.70. The number of aryl methyl sites for hydroxylation is 1. The first kappa shape index (κ1) is 19.7. The zero-order valence-corrected chi connectivity index (χ0v) is 19.1. The van der Waals surface area contributed by atoms with Gasteiger partial charge in [-0.2, -0.15) is 0 Å². The first-order chi connectivity index (χ1) is 15.1. The second-order valence-corrected chi connectivity index (χ2v) is 8.80. The van der Waals surface area contributed by atoms with Crippen LogP contribution in [0.15, 0.2) is 89.7 Å². The quantitative estimate of drug-likeness (QED) is 0.254. The molecule has 0 N–H and O–H groups in total. The van der Waals surface area contributed by atoms with Crippen LogP contribution in [0.2, 0.25) is 0 Å². The molecular weight excluding hydrogens is 495 g/mol. The lowest BCUT2D eigenvalue weighted by molar-refractivity contribution is 0.945. The maximum atomic E-state index is 13.6. The number of hydrogen-bond donors (Lipinski definition) is 0. The Morgan fingerprint density at radius 3 is 2.52 bits per heavy atom. The number of rotatable bonds is 3. The third-order valence-electron chi connectivity index (χ3n) is 5.31. The summed E-state index contributed by atoms with van der Waals surface area (Å²) >= 11 is 2.23.